The molecule has 4 amide bonds. The van der Waals surface area contributed by atoms with Gasteiger partial charge >= 0.3 is 6.03 Å². The number of nitrogens with one attached hydrogen (secondary N) is 2. The molecule has 8 nitrogen and oxygen atoms in total. The van der Waals surface area contributed by atoms with E-state index in [1.165, 1.54) is 7.11 Å². The van der Waals surface area contributed by atoms with Crippen molar-refractivity contribution in [2.24, 2.45) is 0 Å². The molecule has 0 unspecified atom stereocenters. The molecular formula is C24H27N3O5. The lowest BCUT2D eigenvalue weighted by molar-refractivity contribution is -0.134. The monoisotopic (exact) mass is 437 g/mol. The number of ether oxygens (including phenoxy) is 1. The average Bonchev–Trinajstić information content (AvgIpc) is 3.23. The maximum atomic E-state index is 13.0. The Bertz CT molecular complexity index is 1190. The van der Waals surface area contributed by atoms with E-state index in [2.05, 4.69) is 10.6 Å². The first-order chi connectivity index (χ1) is 15.4. The number of carbonyl (C=O) groups excluding carboxylic acids is 3. The van der Waals surface area contributed by atoms with Gasteiger partial charge in [0.05, 0.1) is 12.8 Å². The molecule has 4 rings (SSSR count). The van der Waals surface area contributed by atoms with Crippen molar-refractivity contribution in [3.05, 3.63) is 36.4 Å². The number of imide groups is 1. The van der Waals surface area contributed by atoms with E-state index in [1.54, 1.807) is 12.1 Å². The molecule has 1 fully saturated rings. The standard InChI is InChI=1S/C24H27N3O5/c1-4-10-24(11-5-2)22(29)27(23(30)26-24)14-21(28)25-17-13-19-16(12-20(17)31-3)15-8-6-7-9-18(15)32-19/h6-9,12-13H,4-5,10-11,14H2,1-3H3,(H,25,28)(H,26,30). The number of hydrogen-bond donors (Lipinski definition) is 2. The van der Waals surface area contributed by atoms with Crippen LogP contribution in [-0.4, -0.2) is 41.9 Å². The summed E-state index contributed by atoms with van der Waals surface area (Å²) in [7, 11) is 1.51. The number of rotatable bonds is 8. The number of methoxy groups -OCH3 is 1. The summed E-state index contributed by atoms with van der Waals surface area (Å²) in [5.41, 5.74) is 0.813. The van der Waals surface area contributed by atoms with Gasteiger partial charge in [-0.05, 0) is 25.0 Å². The number of hydrogen-bond acceptors (Lipinski definition) is 5. The zero-order chi connectivity index (χ0) is 22.9. The first kappa shape index (κ1) is 21.7. The van der Waals surface area contributed by atoms with E-state index in [0.717, 1.165) is 34.1 Å². The minimum absolute atomic E-state index is 0.346. The summed E-state index contributed by atoms with van der Waals surface area (Å²) in [6.45, 7) is 3.56. The average molecular weight is 437 g/mol. The quantitative estimate of drug-likeness (QED) is 0.508. The second-order valence-corrected chi connectivity index (χ2v) is 8.10. The Morgan fingerprint density at radius 1 is 1.09 bits per heavy atom. The van der Waals surface area contributed by atoms with E-state index in [4.69, 9.17) is 9.15 Å². The molecule has 0 spiro atoms. The molecule has 0 bridgehead atoms. The third kappa shape index (κ3) is 3.66. The van der Waals surface area contributed by atoms with E-state index in [9.17, 15) is 14.4 Å². The molecule has 2 N–H and O–H groups in total. The van der Waals surface area contributed by atoms with Crippen molar-refractivity contribution in [2.45, 2.75) is 45.1 Å². The Balaban J connectivity index is 1.57. The molecule has 0 atom stereocenters. The van der Waals surface area contributed by atoms with E-state index in [0.29, 0.717) is 29.9 Å². The molecule has 1 aliphatic rings. The number of furan rings is 1. The predicted molar refractivity (Wildman–Crippen MR) is 122 cm³/mol. The van der Waals surface area contributed by atoms with Gasteiger partial charge in [-0.25, -0.2) is 4.79 Å². The van der Waals surface area contributed by atoms with Crippen LogP contribution in [0.3, 0.4) is 0 Å². The van der Waals surface area contributed by atoms with E-state index >= 15 is 0 Å². The molecule has 0 radical (unpaired) electrons. The number of amides is 4. The molecule has 1 aliphatic heterocycles. The van der Waals surface area contributed by atoms with Gasteiger partial charge in [0.15, 0.2) is 0 Å². The Labute approximate surface area is 185 Å². The first-order valence-corrected chi connectivity index (χ1v) is 10.9. The smallest absolute Gasteiger partial charge is 0.325 e. The van der Waals surface area contributed by atoms with Gasteiger partial charge in [0, 0.05) is 16.8 Å². The fourth-order valence-electron chi connectivity index (χ4n) is 4.49. The molecule has 1 saturated heterocycles. The third-order valence-corrected chi connectivity index (χ3v) is 5.87. The van der Waals surface area contributed by atoms with Gasteiger partial charge in [-0.2, -0.15) is 0 Å². The molecule has 2 heterocycles. The van der Waals surface area contributed by atoms with Crippen LogP contribution in [0.5, 0.6) is 5.75 Å². The minimum Gasteiger partial charge on any atom is -0.495 e. The molecule has 32 heavy (non-hydrogen) atoms. The number of urea groups is 1. The maximum absolute atomic E-state index is 13.0. The van der Waals surface area contributed by atoms with Crippen molar-refractivity contribution in [3.8, 4) is 5.75 Å². The van der Waals surface area contributed by atoms with Gasteiger partial charge in [0.1, 0.15) is 29.0 Å². The normalized spacial score (nSPS) is 15.4. The van der Waals surface area contributed by atoms with Crippen LogP contribution in [0.2, 0.25) is 0 Å². The van der Waals surface area contributed by atoms with Crippen molar-refractivity contribution in [3.63, 3.8) is 0 Å². The van der Waals surface area contributed by atoms with Gasteiger partial charge in [-0.15, -0.1) is 0 Å². The molecule has 8 heteroatoms. The van der Waals surface area contributed by atoms with Crippen LogP contribution in [0.15, 0.2) is 40.8 Å². The zero-order valence-corrected chi connectivity index (χ0v) is 18.5. The van der Waals surface area contributed by atoms with Crippen LogP contribution < -0.4 is 15.4 Å². The highest BCUT2D eigenvalue weighted by molar-refractivity contribution is 6.11. The van der Waals surface area contributed by atoms with Gasteiger partial charge in [0.25, 0.3) is 5.91 Å². The Morgan fingerprint density at radius 2 is 1.81 bits per heavy atom. The number of fused-ring (bicyclic) bond motifs is 3. The van der Waals surface area contributed by atoms with Crippen LogP contribution in [-0.2, 0) is 9.59 Å². The van der Waals surface area contributed by atoms with Crippen LogP contribution in [0.25, 0.3) is 21.9 Å². The lowest BCUT2D eigenvalue weighted by Crippen LogP contribution is -2.47. The van der Waals surface area contributed by atoms with Crippen molar-refractivity contribution < 1.29 is 23.5 Å². The van der Waals surface area contributed by atoms with Crippen LogP contribution in [0, 0.1) is 0 Å². The Kier molecular flexibility index (Phi) is 5.78. The van der Waals surface area contributed by atoms with Gasteiger partial charge in [-0.1, -0.05) is 44.9 Å². The Hall–Kier alpha value is -3.55. The highest BCUT2D eigenvalue weighted by Gasteiger charge is 2.50. The van der Waals surface area contributed by atoms with Crippen LogP contribution in [0.1, 0.15) is 39.5 Å². The SMILES string of the molecule is CCCC1(CCC)NC(=O)N(CC(=O)Nc2cc3oc4ccccc4c3cc2OC)C1=O. The molecule has 0 aliphatic carbocycles. The topological polar surface area (TPSA) is 101 Å². The van der Waals surface area contributed by atoms with Gasteiger partial charge in [-0.3, -0.25) is 14.5 Å². The van der Waals surface area contributed by atoms with Crippen LogP contribution >= 0.6 is 0 Å². The number of para-hydroxylation sites is 1. The first-order valence-electron chi connectivity index (χ1n) is 10.9. The fraction of sp³-hybridized carbons (Fsp3) is 0.375. The highest BCUT2D eigenvalue weighted by atomic mass is 16.5. The summed E-state index contributed by atoms with van der Waals surface area (Å²) in [5, 5.41) is 7.39. The summed E-state index contributed by atoms with van der Waals surface area (Å²) >= 11 is 0. The number of benzene rings is 2. The predicted octanol–water partition coefficient (Wildman–Crippen LogP) is 4.42. The van der Waals surface area contributed by atoms with Crippen molar-refractivity contribution in [1.29, 1.82) is 0 Å². The highest BCUT2D eigenvalue weighted by Crippen LogP contribution is 2.36. The third-order valence-electron chi connectivity index (χ3n) is 5.87. The van der Waals surface area contributed by atoms with Crippen LogP contribution in [0.4, 0.5) is 10.5 Å². The van der Waals surface area contributed by atoms with Crippen molar-refractivity contribution in [2.75, 3.05) is 19.0 Å². The number of nitrogens with zero attached hydrogens (tertiary/aromatic N) is 1. The Morgan fingerprint density at radius 3 is 2.50 bits per heavy atom. The largest absolute Gasteiger partial charge is 0.495 e. The summed E-state index contributed by atoms with van der Waals surface area (Å²) < 4.78 is 11.4. The van der Waals surface area contributed by atoms with Gasteiger partial charge in [0.2, 0.25) is 5.91 Å². The summed E-state index contributed by atoms with van der Waals surface area (Å²) in [4.78, 5) is 39.3. The fourth-order valence-corrected chi connectivity index (χ4v) is 4.49. The second kappa shape index (κ2) is 8.53. The lowest BCUT2D eigenvalue weighted by Gasteiger charge is -2.25. The van der Waals surface area contributed by atoms with E-state index in [1.807, 2.05) is 38.1 Å². The van der Waals surface area contributed by atoms with Crippen molar-refractivity contribution in [1.82, 2.24) is 10.2 Å². The molecule has 1 aromatic heterocycles. The number of anilines is 1. The summed E-state index contributed by atoms with van der Waals surface area (Å²) in [6.07, 6.45) is 2.59. The molecular weight excluding hydrogens is 410 g/mol. The molecule has 0 saturated carbocycles. The van der Waals surface area contributed by atoms with Crippen molar-refractivity contribution >= 4 is 45.5 Å². The lowest BCUT2D eigenvalue weighted by atomic mass is 9.88. The van der Waals surface area contributed by atoms with Gasteiger partial charge < -0.3 is 19.8 Å². The molecule has 3 aromatic rings. The minimum atomic E-state index is -0.925. The molecule has 168 valence electrons. The zero-order valence-electron chi connectivity index (χ0n) is 18.5. The van der Waals surface area contributed by atoms with E-state index < -0.39 is 17.5 Å². The molecule has 2 aromatic carbocycles. The number of carbonyl (C=O) groups is 3. The summed E-state index contributed by atoms with van der Waals surface area (Å²) in [5.74, 6) is -0.381. The maximum Gasteiger partial charge on any atom is 0.325 e. The summed E-state index contributed by atoms with van der Waals surface area (Å²) in [6, 6.07) is 10.6. The van der Waals surface area contributed by atoms with E-state index in [-0.39, 0.29) is 12.5 Å². The second-order valence-electron chi connectivity index (χ2n) is 8.10.